The smallest absolute Gasteiger partial charge is 0.224 e. The average Bonchev–Trinajstić information content (AvgIpc) is 2.17. The summed E-state index contributed by atoms with van der Waals surface area (Å²) in [4.78, 5) is 11.6. The van der Waals surface area contributed by atoms with Crippen LogP contribution >= 0.6 is 0 Å². The maximum Gasteiger partial charge on any atom is 0.224 e. The third-order valence-electron chi connectivity index (χ3n) is 2.28. The molecule has 2 heteroatoms. The van der Waals surface area contributed by atoms with E-state index in [0.29, 0.717) is 12.8 Å². The number of benzene rings is 1. The summed E-state index contributed by atoms with van der Waals surface area (Å²) in [5.74, 6) is 2.55. The molecule has 0 heterocycles. The number of amides is 1. The van der Waals surface area contributed by atoms with Crippen molar-refractivity contribution in [3.8, 4) is 12.3 Å². The number of terminal acetylenes is 1. The number of aryl methyl sites for hydroxylation is 1. The number of rotatable bonds is 4. The normalized spacial score (nSPS) is 11.6. The molecule has 0 spiro atoms. The highest BCUT2D eigenvalue weighted by atomic mass is 16.1. The fourth-order valence-corrected chi connectivity index (χ4v) is 1.56. The number of nitrogens with one attached hydrogen (secondary N) is 1. The van der Waals surface area contributed by atoms with Crippen LogP contribution in [-0.4, -0.2) is 11.9 Å². The maximum absolute atomic E-state index is 11.6. The van der Waals surface area contributed by atoms with Crippen molar-refractivity contribution in [2.24, 2.45) is 0 Å². The van der Waals surface area contributed by atoms with Crippen molar-refractivity contribution >= 4 is 5.91 Å². The second-order valence-corrected chi connectivity index (χ2v) is 4.04. The Morgan fingerprint density at radius 3 is 2.94 bits per heavy atom. The third kappa shape index (κ3) is 4.18. The molecule has 1 atom stereocenters. The van der Waals surface area contributed by atoms with Gasteiger partial charge in [-0.1, -0.05) is 29.8 Å². The first kappa shape index (κ1) is 12.3. The number of carbonyl (C=O) groups is 1. The molecular formula is C14H17NO. The molecular weight excluding hydrogens is 198 g/mol. The second kappa shape index (κ2) is 5.97. The second-order valence-electron chi connectivity index (χ2n) is 4.04. The molecule has 1 aromatic carbocycles. The highest BCUT2D eigenvalue weighted by Gasteiger charge is 2.06. The van der Waals surface area contributed by atoms with E-state index in [1.807, 2.05) is 38.1 Å². The zero-order valence-electron chi connectivity index (χ0n) is 9.79. The summed E-state index contributed by atoms with van der Waals surface area (Å²) < 4.78 is 0. The molecule has 16 heavy (non-hydrogen) atoms. The molecule has 1 unspecified atom stereocenters. The van der Waals surface area contributed by atoms with Gasteiger partial charge in [-0.3, -0.25) is 4.79 Å². The average molecular weight is 215 g/mol. The molecule has 0 saturated heterocycles. The van der Waals surface area contributed by atoms with Crippen molar-refractivity contribution < 1.29 is 4.79 Å². The molecule has 2 nitrogen and oxygen atoms in total. The van der Waals surface area contributed by atoms with Crippen LogP contribution in [0.25, 0.3) is 0 Å². The van der Waals surface area contributed by atoms with E-state index in [2.05, 4.69) is 11.2 Å². The maximum atomic E-state index is 11.6. The first-order valence-corrected chi connectivity index (χ1v) is 5.40. The Labute approximate surface area is 97.1 Å². The van der Waals surface area contributed by atoms with Gasteiger partial charge in [0.1, 0.15) is 0 Å². The van der Waals surface area contributed by atoms with Crippen LogP contribution < -0.4 is 5.32 Å². The van der Waals surface area contributed by atoms with E-state index >= 15 is 0 Å². The quantitative estimate of drug-likeness (QED) is 0.765. The van der Waals surface area contributed by atoms with Gasteiger partial charge in [0.25, 0.3) is 0 Å². The lowest BCUT2D eigenvalue weighted by molar-refractivity contribution is -0.121. The van der Waals surface area contributed by atoms with E-state index in [0.717, 1.165) is 5.56 Å². The Morgan fingerprint density at radius 1 is 1.56 bits per heavy atom. The Hall–Kier alpha value is -1.75. The number of hydrogen-bond donors (Lipinski definition) is 1. The van der Waals surface area contributed by atoms with Crippen molar-refractivity contribution in [2.45, 2.75) is 32.7 Å². The predicted octanol–water partition coefficient (Wildman–Crippen LogP) is 2.07. The van der Waals surface area contributed by atoms with Gasteiger partial charge in [0, 0.05) is 12.5 Å². The standard InChI is InChI=1S/C14H17NO/c1-4-6-12(3)15-14(16)10-13-8-5-7-11(2)9-13/h1,5,7-9,12H,6,10H2,2-3H3,(H,15,16). The van der Waals surface area contributed by atoms with Crippen LogP contribution in [0.2, 0.25) is 0 Å². The van der Waals surface area contributed by atoms with Gasteiger partial charge in [-0.25, -0.2) is 0 Å². The SMILES string of the molecule is C#CCC(C)NC(=O)Cc1cccc(C)c1. The van der Waals surface area contributed by atoms with Gasteiger partial charge in [0.2, 0.25) is 5.91 Å². The van der Waals surface area contributed by atoms with Crippen molar-refractivity contribution in [3.05, 3.63) is 35.4 Å². The van der Waals surface area contributed by atoms with Gasteiger partial charge in [-0.2, -0.15) is 0 Å². The topological polar surface area (TPSA) is 29.1 Å². The van der Waals surface area contributed by atoms with Gasteiger partial charge < -0.3 is 5.32 Å². The highest BCUT2D eigenvalue weighted by molar-refractivity contribution is 5.78. The van der Waals surface area contributed by atoms with Crippen molar-refractivity contribution in [1.82, 2.24) is 5.32 Å². The Kier molecular flexibility index (Phi) is 4.60. The third-order valence-corrected chi connectivity index (χ3v) is 2.28. The molecule has 0 fully saturated rings. The molecule has 1 N–H and O–H groups in total. The van der Waals surface area contributed by atoms with E-state index in [1.54, 1.807) is 0 Å². The molecule has 0 radical (unpaired) electrons. The molecule has 0 aromatic heterocycles. The minimum Gasteiger partial charge on any atom is -0.352 e. The zero-order chi connectivity index (χ0) is 12.0. The largest absolute Gasteiger partial charge is 0.352 e. The zero-order valence-corrected chi connectivity index (χ0v) is 9.79. The molecule has 1 rings (SSSR count). The van der Waals surface area contributed by atoms with Crippen LogP contribution in [0.1, 0.15) is 24.5 Å². The molecule has 0 bridgehead atoms. The van der Waals surface area contributed by atoms with Crippen LogP contribution in [0.4, 0.5) is 0 Å². The number of hydrogen-bond acceptors (Lipinski definition) is 1. The van der Waals surface area contributed by atoms with Gasteiger partial charge in [-0.05, 0) is 19.4 Å². The summed E-state index contributed by atoms with van der Waals surface area (Å²) in [5, 5.41) is 2.87. The summed E-state index contributed by atoms with van der Waals surface area (Å²) in [5.41, 5.74) is 2.20. The Bertz CT molecular complexity index is 403. The first-order chi connectivity index (χ1) is 7.61. The lowest BCUT2D eigenvalue weighted by Gasteiger charge is -2.10. The lowest BCUT2D eigenvalue weighted by atomic mass is 10.1. The summed E-state index contributed by atoms with van der Waals surface area (Å²) in [6.07, 6.45) is 6.16. The Morgan fingerprint density at radius 2 is 2.31 bits per heavy atom. The molecule has 0 aliphatic rings. The number of carbonyl (C=O) groups excluding carboxylic acids is 1. The van der Waals surface area contributed by atoms with E-state index in [1.165, 1.54) is 5.56 Å². The summed E-state index contributed by atoms with van der Waals surface area (Å²) in [6.45, 7) is 3.93. The van der Waals surface area contributed by atoms with Gasteiger partial charge in [0.15, 0.2) is 0 Å². The molecule has 1 aromatic rings. The minimum atomic E-state index is 0.0216. The van der Waals surface area contributed by atoms with E-state index in [9.17, 15) is 4.79 Å². The Balaban J connectivity index is 2.49. The van der Waals surface area contributed by atoms with Crippen LogP contribution in [0.5, 0.6) is 0 Å². The predicted molar refractivity (Wildman–Crippen MR) is 65.9 cm³/mol. The van der Waals surface area contributed by atoms with Crippen molar-refractivity contribution in [1.29, 1.82) is 0 Å². The molecule has 1 amide bonds. The molecule has 0 aliphatic heterocycles. The summed E-state index contributed by atoms with van der Waals surface area (Å²) in [7, 11) is 0. The van der Waals surface area contributed by atoms with Crippen LogP contribution in [0, 0.1) is 19.3 Å². The molecule has 84 valence electrons. The van der Waals surface area contributed by atoms with Crippen molar-refractivity contribution in [3.63, 3.8) is 0 Å². The fraction of sp³-hybridized carbons (Fsp3) is 0.357. The highest BCUT2D eigenvalue weighted by Crippen LogP contribution is 2.04. The van der Waals surface area contributed by atoms with Crippen LogP contribution in [-0.2, 0) is 11.2 Å². The van der Waals surface area contributed by atoms with Gasteiger partial charge in [0.05, 0.1) is 6.42 Å². The van der Waals surface area contributed by atoms with E-state index < -0.39 is 0 Å². The molecule has 0 aliphatic carbocycles. The lowest BCUT2D eigenvalue weighted by Crippen LogP contribution is -2.33. The monoisotopic (exact) mass is 215 g/mol. The summed E-state index contributed by atoms with van der Waals surface area (Å²) in [6, 6.07) is 8.00. The van der Waals surface area contributed by atoms with E-state index in [4.69, 9.17) is 6.42 Å². The van der Waals surface area contributed by atoms with Crippen LogP contribution in [0.3, 0.4) is 0 Å². The first-order valence-electron chi connectivity index (χ1n) is 5.40. The molecule has 0 saturated carbocycles. The fourth-order valence-electron chi connectivity index (χ4n) is 1.56. The van der Waals surface area contributed by atoms with Crippen LogP contribution in [0.15, 0.2) is 24.3 Å². The summed E-state index contributed by atoms with van der Waals surface area (Å²) >= 11 is 0. The minimum absolute atomic E-state index is 0.0216. The van der Waals surface area contributed by atoms with Gasteiger partial charge >= 0.3 is 0 Å². The van der Waals surface area contributed by atoms with Crippen molar-refractivity contribution in [2.75, 3.05) is 0 Å². The van der Waals surface area contributed by atoms with Gasteiger partial charge in [-0.15, -0.1) is 12.3 Å². The van der Waals surface area contributed by atoms with E-state index in [-0.39, 0.29) is 11.9 Å².